The SMILES string of the molecule is O=C(CCc1ccc(S(=O)(=O)N2CCCCC2)cc1)Nc1nc(-c2ccc3c(c2)OCO3)cs1. The largest absolute Gasteiger partial charge is 0.454 e. The van der Waals surface area contributed by atoms with Crippen molar-refractivity contribution in [1.29, 1.82) is 0 Å². The molecule has 1 amide bonds. The highest BCUT2D eigenvalue weighted by Crippen LogP contribution is 2.36. The van der Waals surface area contributed by atoms with Crippen LogP contribution >= 0.6 is 11.3 Å². The zero-order valence-electron chi connectivity index (χ0n) is 18.5. The van der Waals surface area contributed by atoms with Crippen molar-refractivity contribution in [3.63, 3.8) is 0 Å². The van der Waals surface area contributed by atoms with Gasteiger partial charge in [0.2, 0.25) is 22.7 Å². The molecule has 0 unspecified atom stereocenters. The average Bonchev–Trinajstić information content (AvgIpc) is 3.52. The Morgan fingerprint density at radius 3 is 2.59 bits per heavy atom. The van der Waals surface area contributed by atoms with E-state index in [2.05, 4.69) is 10.3 Å². The Bertz CT molecular complexity index is 1280. The van der Waals surface area contributed by atoms with Gasteiger partial charge in [-0.15, -0.1) is 11.3 Å². The molecule has 2 aliphatic rings. The van der Waals surface area contributed by atoms with Crippen molar-refractivity contribution in [3.8, 4) is 22.8 Å². The first-order valence-electron chi connectivity index (χ1n) is 11.2. The number of hydrogen-bond donors (Lipinski definition) is 1. The molecule has 0 bridgehead atoms. The van der Waals surface area contributed by atoms with Gasteiger partial charge in [-0.05, 0) is 55.2 Å². The average molecular weight is 500 g/mol. The molecule has 1 fully saturated rings. The van der Waals surface area contributed by atoms with Crippen LogP contribution in [0.2, 0.25) is 0 Å². The summed E-state index contributed by atoms with van der Waals surface area (Å²) in [5.74, 6) is 1.26. The molecule has 2 aliphatic heterocycles. The number of amides is 1. The molecule has 3 aromatic rings. The minimum Gasteiger partial charge on any atom is -0.454 e. The minimum atomic E-state index is -3.44. The van der Waals surface area contributed by atoms with Gasteiger partial charge in [-0.3, -0.25) is 4.79 Å². The summed E-state index contributed by atoms with van der Waals surface area (Å²) in [4.78, 5) is 17.2. The highest BCUT2D eigenvalue weighted by Gasteiger charge is 2.25. The molecule has 1 N–H and O–H groups in total. The van der Waals surface area contributed by atoms with Crippen LogP contribution in [-0.2, 0) is 21.2 Å². The number of sulfonamides is 1. The number of hydrogen-bond acceptors (Lipinski definition) is 7. The lowest BCUT2D eigenvalue weighted by Gasteiger charge is -2.25. The first-order valence-corrected chi connectivity index (χ1v) is 13.6. The number of ether oxygens (including phenoxy) is 2. The van der Waals surface area contributed by atoms with Crippen LogP contribution in [0.5, 0.6) is 11.5 Å². The number of aryl methyl sites for hydroxylation is 1. The summed E-state index contributed by atoms with van der Waals surface area (Å²) in [6.07, 6.45) is 3.68. The van der Waals surface area contributed by atoms with Crippen LogP contribution in [0.15, 0.2) is 52.7 Å². The fourth-order valence-corrected chi connectivity index (χ4v) is 6.29. The maximum atomic E-state index is 12.8. The Hall–Kier alpha value is -2.95. The zero-order chi connectivity index (χ0) is 23.5. The van der Waals surface area contributed by atoms with Gasteiger partial charge in [0.1, 0.15) is 0 Å². The van der Waals surface area contributed by atoms with Crippen molar-refractivity contribution in [2.24, 2.45) is 0 Å². The number of rotatable bonds is 7. The van der Waals surface area contributed by atoms with Crippen LogP contribution in [0.1, 0.15) is 31.2 Å². The van der Waals surface area contributed by atoms with Crippen molar-refractivity contribution in [2.75, 3.05) is 25.2 Å². The number of anilines is 1. The standard InChI is InChI=1S/C24H25N3O5S2/c28-23(26-24-25-20(15-33-24)18-7-10-21-22(14-18)32-16-31-21)11-6-17-4-8-19(9-5-17)34(29,30)27-12-2-1-3-13-27/h4-5,7-10,14-15H,1-3,6,11-13,16H2,(H,25,26,28). The number of carbonyl (C=O) groups is 1. The molecule has 1 saturated heterocycles. The molecular formula is C24H25N3O5S2. The molecule has 0 saturated carbocycles. The number of fused-ring (bicyclic) bond motifs is 1. The lowest BCUT2D eigenvalue weighted by molar-refractivity contribution is -0.116. The second-order valence-corrected chi connectivity index (χ2v) is 11.1. The predicted molar refractivity (Wildman–Crippen MR) is 130 cm³/mol. The number of carbonyl (C=O) groups excluding carboxylic acids is 1. The molecule has 0 atom stereocenters. The number of benzene rings is 2. The summed E-state index contributed by atoms with van der Waals surface area (Å²) in [7, 11) is -3.44. The predicted octanol–water partition coefficient (Wildman–Crippen LogP) is 4.28. The Morgan fingerprint density at radius 1 is 1.03 bits per heavy atom. The van der Waals surface area contributed by atoms with Gasteiger partial charge in [-0.2, -0.15) is 4.31 Å². The maximum absolute atomic E-state index is 12.8. The quantitative estimate of drug-likeness (QED) is 0.521. The fourth-order valence-electron chi connectivity index (χ4n) is 4.04. The van der Waals surface area contributed by atoms with E-state index in [1.807, 2.05) is 23.6 Å². The number of nitrogens with zero attached hydrogens (tertiary/aromatic N) is 2. The van der Waals surface area contributed by atoms with Gasteiger partial charge in [0.25, 0.3) is 0 Å². The summed E-state index contributed by atoms with van der Waals surface area (Å²) in [6, 6.07) is 12.5. The molecule has 8 nitrogen and oxygen atoms in total. The molecule has 0 radical (unpaired) electrons. The normalized spacial score (nSPS) is 15.9. The number of aromatic nitrogens is 1. The van der Waals surface area contributed by atoms with E-state index in [1.165, 1.54) is 11.3 Å². The van der Waals surface area contributed by atoms with Crippen LogP contribution in [0, 0.1) is 0 Å². The van der Waals surface area contributed by atoms with E-state index in [0.717, 1.165) is 36.1 Å². The van der Waals surface area contributed by atoms with Gasteiger partial charge in [-0.1, -0.05) is 18.6 Å². The third-order valence-corrected chi connectivity index (χ3v) is 8.61. The van der Waals surface area contributed by atoms with E-state index in [1.54, 1.807) is 28.6 Å². The van der Waals surface area contributed by atoms with Crippen molar-refractivity contribution in [1.82, 2.24) is 9.29 Å². The molecule has 0 aliphatic carbocycles. The first-order chi connectivity index (χ1) is 16.5. The molecule has 2 aromatic carbocycles. The van der Waals surface area contributed by atoms with E-state index < -0.39 is 10.0 Å². The number of thiazole rings is 1. The van der Waals surface area contributed by atoms with Crippen LogP contribution in [0.25, 0.3) is 11.3 Å². The van der Waals surface area contributed by atoms with E-state index in [9.17, 15) is 13.2 Å². The third-order valence-electron chi connectivity index (χ3n) is 5.94. The summed E-state index contributed by atoms with van der Waals surface area (Å²) in [5.41, 5.74) is 2.55. The van der Waals surface area contributed by atoms with Crippen LogP contribution in [0.4, 0.5) is 5.13 Å². The molecular weight excluding hydrogens is 474 g/mol. The lowest BCUT2D eigenvalue weighted by atomic mass is 10.1. The summed E-state index contributed by atoms with van der Waals surface area (Å²) in [6.45, 7) is 1.38. The summed E-state index contributed by atoms with van der Waals surface area (Å²) in [5, 5.41) is 5.26. The summed E-state index contributed by atoms with van der Waals surface area (Å²) < 4.78 is 37.8. The Morgan fingerprint density at radius 2 is 1.79 bits per heavy atom. The van der Waals surface area contributed by atoms with E-state index in [0.29, 0.717) is 41.0 Å². The summed E-state index contributed by atoms with van der Waals surface area (Å²) >= 11 is 1.36. The molecule has 1 aromatic heterocycles. The number of piperidine rings is 1. The minimum absolute atomic E-state index is 0.142. The lowest BCUT2D eigenvalue weighted by Crippen LogP contribution is -2.35. The molecule has 3 heterocycles. The monoisotopic (exact) mass is 499 g/mol. The Kier molecular flexibility index (Phi) is 6.53. The smallest absolute Gasteiger partial charge is 0.243 e. The highest BCUT2D eigenvalue weighted by molar-refractivity contribution is 7.89. The van der Waals surface area contributed by atoms with Gasteiger partial charge in [0.15, 0.2) is 16.6 Å². The van der Waals surface area contributed by atoms with Crippen LogP contribution < -0.4 is 14.8 Å². The van der Waals surface area contributed by atoms with Crippen molar-refractivity contribution in [2.45, 2.75) is 37.0 Å². The van der Waals surface area contributed by atoms with Crippen LogP contribution in [0.3, 0.4) is 0 Å². The second-order valence-electron chi connectivity index (χ2n) is 8.26. The molecule has 178 valence electrons. The fraction of sp³-hybridized carbons (Fsp3) is 0.333. The van der Waals surface area contributed by atoms with Crippen molar-refractivity contribution in [3.05, 3.63) is 53.4 Å². The van der Waals surface area contributed by atoms with Gasteiger partial charge in [0.05, 0.1) is 10.6 Å². The third kappa shape index (κ3) is 4.94. The van der Waals surface area contributed by atoms with Gasteiger partial charge in [-0.25, -0.2) is 13.4 Å². The number of nitrogens with one attached hydrogen (secondary N) is 1. The molecule has 5 rings (SSSR count). The highest BCUT2D eigenvalue weighted by atomic mass is 32.2. The Labute approximate surface area is 202 Å². The van der Waals surface area contributed by atoms with E-state index in [4.69, 9.17) is 9.47 Å². The van der Waals surface area contributed by atoms with Gasteiger partial charge in [0, 0.05) is 30.5 Å². The Balaban J connectivity index is 1.15. The van der Waals surface area contributed by atoms with Crippen molar-refractivity contribution < 1.29 is 22.7 Å². The first kappa shape index (κ1) is 22.8. The van der Waals surface area contributed by atoms with E-state index in [-0.39, 0.29) is 19.1 Å². The van der Waals surface area contributed by atoms with Gasteiger partial charge < -0.3 is 14.8 Å². The zero-order valence-corrected chi connectivity index (χ0v) is 20.2. The molecule has 34 heavy (non-hydrogen) atoms. The maximum Gasteiger partial charge on any atom is 0.243 e. The van der Waals surface area contributed by atoms with Gasteiger partial charge >= 0.3 is 0 Å². The topological polar surface area (TPSA) is 97.8 Å². The van der Waals surface area contributed by atoms with E-state index >= 15 is 0 Å². The second kappa shape index (κ2) is 9.73. The molecule has 10 heteroatoms. The van der Waals surface area contributed by atoms with Crippen molar-refractivity contribution >= 4 is 32.4 Å². The van der Waals surface area contributed by atoms with Crippen LogP contribution in [-0.4, -0.2) is 43.5 Å². The molecule has 0 spiro atoms.